The van der Waals surface area contributed by atoms with Gasteiger partial charge in [0.05, 0.1) is 15.9 Å². The first-order valence-electron chi connectivity index (χ1n) is 6.17. The molecule has 0 saturated heterocycles. The lowest BCUT2D eigenvalue weighted by Gasteiger charge is -2.05. The van der Waals surface area contributed by atoms with Gasteiger partial charge in [0.25, 0.3) is 0 Å². The third-order valence-corrected chi connectivity index (χ3v) is 4.30. The van der Waals surface area contributed by atoms with E-state index < -0.39 is 11.9 Å². The van der Waals surface area contributed by atoms with Gasteiger partial charge in [0.15, 0.2) is 5.13 Å². The summed E-state index contributed by atoms with van der Waals surface area (Å²) in [7, 11) is 0. The van der Waals surface area contributed by atoms with Crippen molar-refractivity contribution in [2.45, 2.75) is 13.0 Å². The van der Waals surface area contributed by atoms with Gasteiger partial charge in [-0.1, -0.05) is 23.5 Å². The number of primary amides is 1. The molecule has 0 radical (unpaired) electrons. The third-order valence-electron chi connectivity index (χ3n) is 2.55. The summed E-state index contributed by atoms with van der Waals surface area (Å²) >= 11 is 4.43. The van der Waals surface area contributed by atoms with Gasteiger partial charge in [0, 0.05) is 6.54 Å². The Hall–Kier alpha value is -2.00. The molecule has 6 nitrogen and oxygen atoms in total. The zero-order chi connectivity index (χ0) is 16.1. The number of amides is 3. The molecule has 1 aromatic heterocycles. The van der Waals surface area contributed by atoms with E-state index >= 15 is 0 Å². The summed E-state index contributed by atoms with van der Waals surface area (Å²) in [6.45, 7) is 0.185. The number of thiazole rings is 1. The Morgan fingerprint density at radius 1 is 1.41 bits per heavy atom. The smallest absolute Gasteiger partial charge is 0.321 e. The van der Waals surface area contributed by atoms with Crippen molar-refractivity contribution in [1.29, 1.82) is 0 Å². The van der Waals surface area contributed by atoms with Gasteiger partial charge < -0.3 is 11.1 Å². The van der Waals surface area contributed by atoms with Crippen LogP contribution in [-0.2, 0) is 17.8 Å². The Kier molecular flexibility index (Phi) is 5.45. The number of nitrogens with zero attached hydrogens (tertiary/aromatic N) is 1. The highest BCUT2D eigenvalue weighted by molar-refractivity contribution is 9.11. The second kappa shape index (κ2) is 7.32. The normalized spacial score (nSPS) is 10.3. The van der Waals surface area contributed by atoms with Gasteiger partial charge in [-0.3, -0.25) is 10.1 Å². The number of hydrogen-bond donors (Lipinski definition) is 3. The molecular weight excluding hydrogens is 375 g/mol. The molecule has 9 heteroatoms. The van der Waals surface area contributed by atoms with Crippen LogP contribution in [0.4, 0.5) is 14.3 Å². The Morgan fingerprint density at radius 2 is 2.18 bits per heavy atom. The summed E-state index contributed by atoms with van der Waals surface area (Å²) in [5, 5.41) is 5.46. The lowest BCUT2D eigenvalue weighted by Crippen LogP contribution is -2.28. The maximum Gasteiger partial charge on any atom is 0.321 e. The number of carbonyl (C=O) groups is 2. The molecule has 0 unspecified atom stereocenters. The molecule has 0 saturated carbocycles. The molecule has 116 valence electrons. The van der Waals surface area contributed by atoms with E-state index in [1.807, 2.05) is 0 Å². The SMILES string of the molecule is NC(=O)Cc1nc(NC(=O)NCc2cccc(F)c2)sc1Br. The van der Waals surface area contributed by atoms with Crippen LogP contribution in [0.15, 0.2) is 28.1 Å². The molecule has 1 heterocycles. The summed E-state index contributed by atoms with van der Waals surface area (Å²) in [5.74, 6) is -0.868. The van der Waals surface area contributed by atoms with E-state index in [0.717, 1.165) is 0 Å². The van der Waals surface area contributed by atoms with Crippen LogP contribution in [0.3, 0.4) is 0 Å². The highest BCUT2D eigenvalue weighted by Gasteiger charge is 2.13. The van der Waals surface area contributed by atoms with Crippen LogP contribution in [0.2, 0.25) is 0 Å². The summed E-state index contributed by atoms with van der Waals surface area (Å²) in [6.07, 6.45) is -0.0102. The fourth-order valence-corrected chi connectivity index (χ4v) is 3.02. The second-order valence-corrected chi connectivity index (χ2v) is 6.64. The average molecular weight is 387 g/mol. The number of anilines is 1. The highest BCUT2D eigenvalue weighted by Crippen LogP contribution is 2.28. The standard InChI is InChI=1S/C13H12BrFN4O2S/c14-11-9(5-10(16)20)18-13(22-11)19-12(21)17-6-7-2-1-3-8(15)4-7/h1-4H,5-6H2,(H2,16,20)(H2,17,18,19,21). The van der Waals surface area contributed by atoms with E-state index in [1.54, 1.807) is 12.1 Å². The molecule has 0 fully saturated rings. The van der Waals surface area contributed by atoms with E-state index in [2.05, 4.69) is 31.5 Å². The van der Waals surface area contributed by atoms with Gasteiger partial charge in [0.1, 0.15) is 5.82 Å². The average Bonchev–Trinajstić information content (AvgIpc) is 2.76. The van der Waals surface area contributed by atoms with Crippen molar-refractivity contribution < 1.29 is 14.0 Å². The Bertz CT molecular complexity index is 707. The van der Waals surface area contributed by atoms with E-state index in [9.17, 15) is 14.0 Å². The number of halogens is 2. The number of carbonyl (C=O) groups excluding carboxylic acids is 2. The van der Waals surface area contributed by atoms with Crippen LogP contribution in [0.25, 0.3) is 0 Å². The van der Waals surface area contributed by atoms with Crippen LogP contribution in [-0.4, -0.2) is 16.9 Å². The second-order valence-electron chi connectivity index (χ2n) is 4.32. The molecular formula is C13H12BrFN4O2S. The van der Waals surface area contributed by atoms with Crippen molar-refractivity contribution in [3.05, 3.63) is 45.1 Å². The summed E-state index contributed by atoms with van der Waals surface area (Å²) in [6, 6.07) is 5.46. The molecule has 0 aliphatic rings. The van der Waals surface area contributed by atoms with Gasteiger partial charge in [-0.05, 0) is 33.6 Å². The molecule has 0 aliphatic carbocycles. The lowest BCUT2D eigenvalue weighted by atomic mass is 10.2. The molecule has 0 spiro atoms. The maximum atomic E-state index is 13.0. The molecule has 0 atom stereocenters. The molecule has 1 aromatic carbocycles. The van der Waals surface area contributed by atoms with Crippen LogP contribution in [0.5, 0.6) is 0 Å². The van der Waals surface area contributed by atoms with E-state index in [0.29, 0.717) is 20.2 Å². The Morgan fingerprint density at radius 3 is 2.86 bits per heavy atom. The van der Waals surface area contributed by atoms with Crippen molar-refractivity contribution in [3.63, 3.8) is 0 Å². The van der Waals surface area contributed by atoms with Gasteiger partial charge in [-0.25, -0.2) is 14.2 Å². The molecule has 22 heavy (non-hydrogen) atoms. The number of aromatic nitrogens is 1. The third kappa shape index (κ3) is 4.78. The minimum atomic E-state index is -0.506. The van der Waals surface area contributed by atoms with E-state index in [-0.39, 0.29) is 18.8 Å². The van der Waals surface area contributed by atoms with Gasteiger partial charge >= 0.3 is 6.03 Å². The largest absolute Gasteiger partial charge is 0.369 e. The fourth-order valence-electron chi connectivity index (χ4n) is 1.63. The summed E-state index contributed by atoms with van der Waals surface area (Å²) < 4.78 is 13.6. The lowest BCUT2D eigenvalue weighted by molar-refractivity contribution is -0.117. The van der Waals surface area contributed by atoms with Gasteiger partial charge in [-0.15, -0.1) is 0 Å². The fraction of sp³-hybridized carbons (Fsp3) is 0.154. The maximum absolute atomic E-state index is 13.0. The zero-order valence-electron chi connectivity index (χ0n) is 11.2. The molecule has 4 N–H and O–H groups in total. The first kappa shape index (κ1) is 16.4. The summed E-state index contributed by atoms with van der Waals surface area (Å²) in [4.78, 5) is 26.7. The predicted octanol–water partition coefficient (Wildman–Crippen LogP) is 2.39. The minimum absolute atomic E-state index is 0.0102. The number of nitrogens with two attached hydrogens (primary N) is 1. The van der Waals surface area contributed by atoms with Crippen LogP contribution >= 0.6 is 27.3 Å². The van der Waals surface area contributed by atoms with Gasteiger partial charge in [0.2, 0.25) is 5.91 Å². The number of benzene rings is 1. The highest BCUT2D eigenvalue weighted by atomic mass is 79.9. The first-order chi connectivity index (χ1) is 10.4. The number of nitrogens with one attached hydrogen (secondary N) is 2. The van der Waals surface area contributed by atoms with Gasteiger partial charge in [-0.2, -0.15) is 0 Å². The Labute approximate surface area is 138 Å². The predicted molar refractivity (Wildman–Crippen MR) is 85.0 cm³/mol. The molecule has 0 bridgehead atoms. The van der Waals surface area contributed by atoms with E-state index in [4.69, 9.17) is 5.73 Å². The monoisotopic (exact) mass is 386 g/mol. The quantitative estimate of drug-likeness (QED) is 0.735. The topological polar surface area (TPSA) is 97.1 Å². The van der Waals surface area contributed by atoms with Crippen molar-refractivity contribution in [2.75, 3.05) is 5.32 Å². The molecule has 0 aliphatic heterocycles. The van der Waals surface area contributed by atoms with Crippen molar-refractivity contribution in [2.24, 2.45) is 5.73 Å². The molecule has 2 rings (SSSR count). The van der Waals surface area contributed by atoms with Crippen LogP contribution < -0.4 is 16.4 Å². The van der Waals surface area contributed by atoms with Crippen LogP contribution in [0, 0.1) is 5.82 Å². The number of hydrogen-bond acceptors (Lipinski definition) is 4. The molecule has 3 amide bonds. The van der Waals surface area contributed by atoms with Crippen LogP contribution in [0.1, 0.15) is 11.3 Å². The number of rotatable bonds is 5. The van der Waals surface area contributed by atoms with Crippen molar-refractivity contribution >= 4 is 44.3 Å². The summed E-state index contributed by atoms with van der Waals surface area (Å²) in [5.41, 5.74) is 6.22. The molecule has 2 aromatic rings. The first-order valence-corrected chi connectivity index (χ1v) is 7.78. The van der Waals surface area contributed by atoms with E-state index in [1.165, 1.54) is 23.5 Å². The Balaban J connectivity index is 1.90. The van der Waals surface area contributed by atoms with Crippen molar-refractivity contribution in [1.82, 2.24) is 10.3 Å². The van der Waals surface area contributed by atoms with Crippen molar-refractivity contribution in [3.8, 4) is 0 Å². The zero-order valence-corrected chi connectivity index (χ0v) is 13.6. The minimum Gasteiger partial charge on any atom is -0.369 e. The number of urea groups is 1.